The topological polar surface area (TPSA) is 77.5 Å². The smallest absolute Gasteiger partial charge is 0.325 e. The van der Waals surface area contributed by atoms with Crippen LogP contribution in [0.5, 0.6) is 5.88 Å². The number of carbonyl (C=O) groups is 2. The van der Waals surface area contributed by atoms with E-state index in [0.29, 0.717) is 30.6 Å². The van der Waals surface area contributed by atoms with Crippen molar-refractivity contribution >= 4 is 11.9 Å². The van der Waals surface area contributed by atoms with E-state index in [1.807, 2.05) is 0 Å². The Morgan fingerprint density at radius 3 is 2.95 bits per heavy atom. The first-order chi connectivity index (χ1) is 9.69. The number of nitrogens with one attached hydrogen (secondary N) is 1. The predicted octanol–water partition coefficient (Wildman–Crippen LogP) is 1.16. The fourth-order valence-corrected chi connectivity index (χ4v) is 1.58. The van der Waals surface area contributed by atoms with Crippen molar-refractivity contribution in [3.05, 3.63) is 23.9 Å². The number of amides is 1. The normalized spacial score (nSPS) is 13.7. The number of pyridine rings is 1. The Bertz CT molecular complexity index is 486. The molecule has 108 valence electrons. The molecule has 1 fully saturated rings. The summed E-state index contributed by atoms with van der Waals surface area (Å²) >= 11 is 0. The molecule has 1 aliphatic rings. The Morgan fingerprint density at radius 1 is 1.45 bits per heavy atom. The lowest BCUT2D eigenvalue weighted by Gasteiger charge is -2.07. The monoisotopic (exact) mass is 278 g/mol. The van der Waals surface area contributed by atoms with E-state index in [-0.39, 0.29) is 12.5 Å². The molecule has 20 heavy (non-hydrogen) atoms. The molecule has 0 aromatic carbocycles. The Hall–Kier alpha value is -2.11. The molecule has 1 N–H and O–H groups in total. The number of nitrogens with zero attached hydrogens (tertiary/aromatic N) is 1. The van der Waals surface area contributed by atoms with Crippen molar-refractivity contribution in [3.8, 4) is 5.88 Å². The summed E-state index contributed by atoms with van der Waals surface area (Å²) in [5.41, 5.74) is 0.412. The molecule has 0 unspecified atom stereocenters. The molecule has 0 atom stereocenters. The maximum absolute atomic E-state index is 11.9. The summed E-state index contributed by atoms with van der Waals surface area (Å²) in [4.78, 5) is 27.1. The van der Waals surface area contributed by atoms with Gasteiger partial charge in [0.25, 0.3) is 5.91 Å². The second-order valence-corrected chi connectivity index (χ2v) is 4.62. The third-order valence-electron chi connectivity index (χ3n) is 2.86. The van der Waals surface area contributed by atoms with Gasteiger partial charge < -0.3 is 14.8 Å². The number of rotatable bonds is 7. The van der Waals surface area contributed by atoms with Gasteiger partial charge in [-0.3, -0.25) is 9.59 Å². The maximum Gasteiger partial charge on any atom is 0.325 e. The van der Waals surface area contributed by atoms with E-state index < -0.39 is 5.97 Å². The lowest BCUT2D eigenvalue weighted by atomic mass is 10.2. The first kappa shape index (κ1) is 14.3. The average molecular weight is 278 g/mol. The third kappa shape index (κ3) is 4.53. The van der Waals surface area contributed by atoms with E-state index in [0.717, 1.165) is 0 Å². The standard InChI is InChI=1S/C14H18N2O4/c1-2-19-13(17)8-16-14(18)11-5-6-15-12(7-11)20-9-10-3-4-10/h5-7,10H,2-4,8-9H2,1H3,(H,16,18). The average Bonchev–Trinajstić information content (AvgIpc) is 3.27. The van der Waals surface area contributed by atoms with Crippen molar-refractivity contribution in [3.63, 3.8) is 0 Å². The van der Waals surface area contributed by atoms with E-state index in [2.05, 4.69) is 10.3 Å². The van der Waals surface area contributed by atoms with Gasteiger partial charge in [-0.15, -0.1) is 0 Å². The van der Waals surface area contributed by atoms with Crippen LogP contribution in [0.1, 0.15) is 30.1 Å². The zero-order valence-electron chi connectivity index (χ0n) is 11.4. The lowest BCUT2D eigenvalue weighted by Crippen LogP contribution is -2.30. The zero-order valence-corrected chi connectivity index (χ0v) is 11.4. The Kier molecular flexibility index (Phi) is 4.92. The van der Waals surface area contributed by atoms with Crippen molar-refractivity contribution in [1.29, 1.82) is 0 Å². The van der Waals surface area contributed by atoms with E-state index in [1.54, 1.807) is 19.1 Å². The first-order valence-corrected chi connectivity index (χ1v) is 6.71. The summed E-state index contributed by atoms with van der Waals surface area (Å²) < 4.78 is 10.2. The predicted molar refractivity (Wildman–Crippen MR) is 71.4 cm³/mol. The molecular formula is C14H18N2O4. The summed E-state index contributed by atoms with van der Waals surface area (Å²) in [6.07, 6.45) is 3.90. The SMILES string of the molecule is CCOC(=O)CNC(=O)c1ccnc(OCC2CC2)c1. The molecule has 0 bridgehead atoms. The second kappa shape index (κ2) is 6.88. The summed E-state index contributed by atoms with van der Waals surface area (Å²) in [5, 5.41) is 2.49. The molecule has 1 aromatic rings. The minimum atomic E-state index is -0.458. The van der Waals surface area contributed by atoms with Gasteiger partial charge in [0.05, 0.1) is 13.2 Å². The van der Waals surface area contributed by atoms with Crippen molar-refractivity contribution in [1.82, 2.24) is 10.3 Å². The van der Waals surface area contributed by atoms with Gasteiger partial charge in [-0.2, -0.15) is 0 Å². The summed E-state index contributed by atoms with van der Waals surface area (Å²) in [6.45, 7) is 2.50. The largest absolute Gasteiger partial charge is 0.477 e. The minimum Gasteiger partial charge on any atom is -0.477 e. The Labute approximate surface area is 117 Å². The van der Waals surface area contributed by atoms with Crippen molar-refractivity contribution in [2.75, 3.05) is 19.8 Å². The molecule has 1 heterocycles. The maximum atomic E-state index is 11.9. The molecule has 1 amide bonds. The molecular weight excluding hydrogens is 260 g/mol. The van der Waals surface area contributed by atoms with Crippen LogP contribution in [0.3, 0.4) is 0 Å². The van der Waals surface area contributed by atoms with Gasteiger partial charge in [0.15, 0.2) is 0 Å². The van der Waals surface area contributed by atoms with E-state index in [1.165, 1.54) is 19.0 Å². The first-order valence-electron chi connectivity index (χ1n) is 6.71. The number of hydrogen-bond donors (Lipinski definition) is 1. The number of carbonyl (C=O) groups excluding carboxylic acids is 2. The van der Waals surface area contributed by atoms with Crippen molar-refractivity contribution < 1.29 is 19.1 Å². The van der Waals surface area contributed by atoms with Crippen LogP contribution in [-0.2, 0) is 9.53 Å². The highest BCUT2D eigenvalue weighted by atomic mass is 16.5. The van der Waals surface area contributed by atoms with Crippen LogP contribution >= 0.6 is 0 Å². The molecule has 1 aliphatic carbocycles. The van der Waals surface area contributed by atoms with Crippen molar-refractivity contribution in [2.45, 2.75) is 19.8 Å². The van der Waals surface area contributed by atoms with Crippen LogP contribution in [0, 0.1) is 5.92 Å². The van der Waals surface area contributed by atoms with Gasteiger partial charge in [0, 0.05) is 17.8 Å². The number of ether oxygens (including phenoxy) is 2. The molecule has 6 nitrogen and oxygen atoms in total. The fourth-order valence-electron chi connectivity index (χ4n) is 1.58. The van der Waals surface area contributed by atoms with Crippen LogP contribution in [0.25, 0.3) is 0 Å². The van der Waals surface area contributed by atoms with Gasteiger partial charge in [0.2, 0.25) is 5.88 Å². The molecule has 0 radical (unpaired) electrons. The zero-order chi connectivity index (χ0) is 14.4. The highest BCUT2D eigenvalue weighted by Gasteiger charge is 2.22. The number of esters is 1. The molecule has 0 saturated heterocycles. The Balaban J connectivity index is 1.84. The number of aromatic nitrogens is 1. The number of hydrogen-bond acceptors (Lipinski definition) is 5. The molecule has 1 aromatic heterocycles. The lowest BCUT2D eigenvalue weighted by molar-refractivity contribution is -0.141. The van der Waals surface area contributed by atoms with Gasteiger partial charge in [-0.25, -0.2) is 4.98 Å². The molecule has 1 saturated carbocycles. The van der Waals surface area contributed by atoms with E-state index >= 15 is 0 Å². The van der Waals surface area contributed by atoms with Crippen molar-refractivity contribution in [2.24, 2.45) is 5.92 Å². The molecule has 6 heteroatoms. The van der Waals surface area contributed by atoms with Crippen LogP contribution in [0.15, 0.2) is 18.3 Å². The van der Waals surface area contributed by atoms with Gasteiger partial charge in [-0.1, -0.05) is 0 Å². The highest BCUT2D eigenvalue weighted by Crippen LogP contribution is 2.29. The summed E-state index contributed by atoms with van der Waals surface area (Å²) in [6, 6.07) is 3.15. The third-order valence-corrected chi connectivity index (χ3v) is 2.86. The molecule has 0 aliphatic heterocycles. The second-order valence-electron chi connectivity index (χ2n) is 4.62. The Morgan fingerprint density at radius 2 is 2.25 bits per heavy atom. The molecule has 2 rings (SSSR count). The van der Waals surface area contributed by atoms with Crippen LogP contribution in [0.4, 0.5) is 0 Å². The highest BCUT2D eigenvalue weighted by molar-refractivity contribution is 5.96. The minimum absolute atomic E-state index is 0.146. The molecule has 0 spiro atoms. The van der Waals surface area contributed by atoms with Gasteiger partial charge in [0.1, 0.15) is 6.54 Å². The van der Waals surface area contributed by atoms with Gasteiger partial charge in [-0.05, 0) is 31.7 Å². The fraction of sp³-hybridized carbons (Fsp3) is 0.500. The van der Waals surface area contributed by atoms with Crippen LogP contribution in [0.2, 0.25) is 0 Å². The summed E-state index contributed by atoms with van der Waals surface area (Å²) in [7, 11) is 0. The van der Waals surface area contributed by atoms with Crippen LogP contribution < -0.4 is 10.1 Å². The van der Waals surface area contributed by atoms with E-state index in [4.69, 9.17) is 9.47 Å². The van der Waals surface area contributed by atoms with Gasteiger partial charge >= 0.3 is 5.97 Å². The quantitative estimate of drug-likeness (QED) is 0.757. The van der Waals surface area contributed by atoms with Crippen LogP contribution in [-0.4, -0.2) is 36.6 Å². The summed E-state index contributed by atoms with van der Waals surface area (Å²) in [5.74, 6) is 0.246. The van der Waals surface area contributed by atoms with E-state index in [9.17, 15) is 9.59 Å².